The van der Waals surface area contributed by atoms with Gasteiger partial charge >= 0.3 is 5.97 Å². The molecule has 6 rings (SSSR count). The molecule has 0 spiro atoms. The van der Waals surface area contributed by atoms with Crippen molar-refractivity contribution in [1.82, 2.24) is 19.7 Å². The monoisotopic (exact) mass is 582 g/mol. The fourth-order valence-corrected chi connectivity index (χ4v) is 6.37. The number of carboxylic acids is 1. The Morgan fingerprint density at radius 3 is 2.51 bits per heavy atom. The Balaban J connectivity index is 1.53. The summed E-state index contributed by atoms with van der Waals surface area (Å²) in [7, 11) is 1.92. The number of aliphatic carboxylic acids is 1. The summed E-state index contributed by atoms with van der Waals surface area (Å²) in [5, 5.41) is 17.0. The summed E-state index contributed by atoms with van der Waals surface area (Å²) in [5.41, 5.74) is 7.63. The van der Waals surface area contributed by atoms with E-state index in [0.717, 1.165) is 59.6 Å². The molecule has 0 aliphatic carbocycles. The van der Waals surface area contributed by atoms with Crippen molar-refractivity contribution >= 4 is 50.0 Å². The van der Waals surface area contributed by atoms with Crippen molar-refractivity contribution in [1.29, 1.82) is 0 Å². The second-order valence-corrected chi connectivity index (χ2v) is 11.7. The Hall–Kier alpha value is -4.11. The third kappa shape index (κ3) is 5.10. The van der Waals surface area contributed by atoms with Gasteiger partial charge in [0.15, 0.2) is 6.10 Å². The molecule has 0 aliphatic heterocycles. The number of carbonyl (C=O) groups is 1. The van der Waals surface area contributed by atoms with Crippen molar-refractivity contribution in [3.63, 3.8) is 0 Å². The van der Waals surface area contributed by atoms with Crippen LogP contribution in [0.4, 0.5) is 0 Å². The Kier molecular flexibility index (Phi) is 7.07. The minimum atomic E-state index is -1.13. The number of hydrogen-bond acceptors (Lipinski definition) is 6. The van der Waals surface area contributed by atoms with Crippen LogP contribution in [0.25, 0.3) is 54.1 Å². The standard InChI is InChI=1S/C32H27ClN4O3S/c1-17(2)40-29(32(38)39)27-18(3)13-25-30(28(27)19-7-9-23(33)10-8-19)41-31(36-25)21-11-12-34-24(14-21)20-5-6-22-16-35-37(4)26(22)15-20/h5-17,29H,1-4H3,(H,38,39). The maximum atomic E-state index is 12.5. The number of aryl methyl sites for hydroxylation is 2. The molecule has 1 unspecified atom stereocenters. The van der Waals surface area contributed by atoms with Crippen LogP contribution in [0.3, 0.4) is 0 Å². The second-order valence-electron chi connectivity index (χ2n) is 10.2. The van der Waals surface area contributed by atoms with E-state index < -0.39 is 12.1 Å². The van der Waals surface area contributed by atoms with Crippen LogP contribution < -0.4 is 0 Å². The predicted octanol–water partition coefficient (Wildman–Crippen LogP) is 8.09. The molecule has 0 aliphatic rings. The van der Waals surface area contributed by atoms with Gasteiger partial charge in [-0.15, -0.1) is 11.3 Å². The number of carboxylic acid groups (broad SMARTS) is 1. The summed E-state index contributed by atoms with van der Waals surface area (Å²) in [5.74, 6) is -1.04. The molecule has 206 valence electrons. The summed E-state index contributed by atoms with van der Waals surface area (Å²) in [6.45, 7) is 5.58. The fourth-order valence-electron chi connectivity index (χ4n) is 5.12. The van der Waals surface area contributed by atoms with Crippen LogP contribution in [0.1, 0.15) is 31.1 Å². The molecular weight excluding hydrogens is 556 g/mol. The predicted molar refractivity (Wildman–Crippen MR) is 164 cm³/mol. The molecular formula is C32H27ClN4O3S. The highest BCUT2D eigenvalue weighted by Gasteiger charge is 2.30. The second kappa shape index (κ2) is 10.7. The molecule has 7 nitrogen and oxygen atoms in total. The molecule has 9 heteroatoms. The maximum Gasteiger partial charge on any atom is 0.337 e. The molecule has 6 aromatic rings. The number of nitrogens with zero attached hydrogens (tertiary/aromatic N) is 4. The zero-order chi connectivity index (χ0) is 28.8. The van der Waals surface area contributed by atoms with Gasteiger partial charge in [-0.05, 0) is 68.3 Å². The number of fused-ring (bicyclic) bond motifs is 2. The van der Waals surface area contributed by atoms with E-state index in [9.17, 15) is 9.90 Å². The van der Waals surface area contributed by atoms with Gasteiger partial charge in [-0.25, -0.2) is 9.78 Å². The van der Waals surface area contributed by atoms with Crippen LogP contribution in [0.15, 0.2) is 73.1 Å². The molecule has 1 N–H and O–H groups in total. The van der Waals surface area contributed by atoms with E-state index in [1.807, 2.05) is 93.3 Å². The van der Waals surface area contributed by atoms with Gasteiger partial charge < -0.3 is 9.84 Å². The lowest BCUT2D eigenvalue weighted by Gasteiger charge is -2.22. The van der Waals surface area contributed by atoms with Gasteiger partial charge in [0.1, 0.15) is 5.01 Å². The third-order valence-corrected chi connectivity index (χ3v) is 8.40. The average Bonchev–Trinajstić information content (AvgIpc) is 3.54. The van der Waals surface area contributed by atoms with Crippen molar-refractivity contribution in [3.05, 3.63) is 89.2 Å². The lowest BCUT2D eigenvalue weighted by molar-refractivity contribution is -0.153. The number of ether oxygens (including phenoxy) is 1. The van der Waals surface area contributed by atoms with Gasteiger partial charge in [0.05, 0.1) is 33.7 Å². The molecule has 1 atom stereocenters. The molecule has 0 bridgehead atoms. The van der Waals surface area contributed by atoms with Crippen molar-refractivity contribution < 1.29 is 14.6 Å². The highest BCUT2D eigenvalue weighted by molar-refractivity contribution is 7.22. The Labute approximate surface area is 246 Å². The molecule has 0 fully saturated rings. The Morgan fingerprint density at radius 1 is 1.02 bits per heavy atom. The van der Waals surface area contributed by atoms with Crippen molar-refractivity contribution in [2.45, 2.75) is 33.0 Å². The topological polar surface area (TPSA) is 90.1 Å². The first-order valence-electron chi connectivity index (χ1n) is 13.2. The zero-order valence-electron chi connectivity index (χ0n) is 22.9. The molecule has 0 saturated carbocycles. The van der Waals surface area contributed by atoms with E-state index in [-0.39, 0.29) is 6.10 Å². The Morgan fingerprint density at radius 2 is 1.78 bits per heavy atom. The van der Waals surface area contributed by atoms with E-state index in [2.05, 4.69) is 16.1 Å². The zero-order valence-corrected chi connectivity index (χ0v) is 24.5. The largest absolute Gasteiger partial charge is 0.479 e. The summed E-state index contributed by atoms with van der Waals surface area (Å²) in [6, 6.07) is 19.5. The van der Waals surface area contributed by atoms with Gasteiger partial charge in [-0.2, -0.15) is 5.10 Å². The van der Waals surface area contributed by atoms with Crippen LogP contribution in [0.2, 0.25) is 5.02 Å². The van der Waals surface area contributed by atoms with Crippen LogP contribution >= 0.6 is 22.9 Å². The fraction of sp³-hybridized carbons (Fsp3) is 0.188. The maximum absolute atomic E-state index is 12.5. The normalized spacial score (nSPS) is 12.4. The van der Waals surface area contributed by atoms with Gasteiger partial charge in [-0.1, -0.05) is 35.9 Å². The number of hydrogen-bond donors (Lipinski definition) is 1. The summed E-state index contributed by atoms with van der Waals surface area (Å²) in [6.07, 6.45) is 2.23. The first kappa shape index (κ1) is 27.1. The number of benzene rings is 3. The first-order valence-corrected chi connectivity index (χ1v) is 14.4. The molecule has 3 heterocycles. The number of rotatable bonds is 7. The summed E-state index contributed by atoms with van der Waals surface area (Å²) >= 11 is 7.74. The summed E-state index contributed by atoms with van der Waals surface area (Å²) in [4.78, 5) is 22.1. The average molecular weight is 583 g/mol. The quantitative estimate of drug-likeness (QED) is 0.204. The minimum Gasteiger partial charge on any atom is -0.479 e. The number of thiazole rings is 1. The van der Waals surface area contributed by atoms with Crippen LogP contribution in [0.5, 0.6) is 0 Å². The van der Waals surface area contributed by atoms with Crippen molar-refractivity contribution in [3.8, 4) is 33.0 Å². The number of pyridine rings is 1. The van der Waals surface area contributed by atoms with Crippen LogP contribution in [0, 0.1) is 6.92 Å². The van der Waals surface area contributed by atoms with Crippen molar-refractivity contribution in [2.75, 3.05) is 0 Å². The molecule has 0 amide bonds. The highest BCUT2D eigenvalue weighted by Crippen LogP contribution is 2.44. The van der Waals surface area contributed by atoms with Gasteiger partial charge in [0, 0.05) is 45.9 Å². The van der Waals surface area contributed by atoms with E-state index in [4.69, 9.17) is 21.3 Å². The third-order valence-electron chi connectivity index (χ3n) is 7.01. The lowest BCUT2D eigenvalue weighted by Crippen LogP contribution is -2.21. The van der Waals surface area contributed by atoms with Crippen LogP contribution in [-0.2, 0) is 16.6 Å². The van der Waals surface area contributed by atoms with Crippen LogP contribution in [-0.4, -0.2) is 36.9 Å². The van der Waals surface area contributed by atoms with E-state index in [1.165, 1.54) is 11.3 Å². The molecule has 3 aromatic carbocycles. The van der Waals surface area contributed by atoms with Crippen molar-refractivity contribution in [2.24, 2.45) is 7.05 Å². The smallest absolute Gasteiger partial charge is 0.337 e. The SMILES string of the molecule is Cc1cc2nc(-c3ccnc(-c4ccc5cnn(C)c5c4)c3)sc2c(-c2ccc(Cl)cc2)c1C(OC(C)C)C(=O)O. The van der Waals surface area contributed by atoms with Gasteiger partial charge in [0.2, 0.25) is 0 Å². The van der Waals surface area contributed by atoms with Gasteiger partial charge in [-0.3, -0.25) is 9.67 Å². The first-order chi connectivity index (χ1) is 19.7. The molecule has 41 heavy (non-hydrogen) atoms. The number of aromatic nitrogens is 4. The van der Waals surface area contributed by atoms with E-state index >= 15 is 0 Å². The molecule has 0 radical (unpaired) electrons. The van der Waals surface area contributed by atoms with Gasteiger partial charge in [0.25, 0.3) is 0 Å². The van der Waals surface area contributed by atoms with E-state index in [0.29, 0.717) is 10.6 Å². The molecule has 3 aromatic heterocycles. The summed E-state index contributed by atoms with van der Waals surface area (Å²) < 4.78 is 8.68. The van der Waals surface area contributed by atoms with E-state index in [1.54, 1.807) is 6.20 Å². The highest BCUT2D eigenvalue weighted by atomic mass is 35.5. The lowest BCUT2D eigenvalue weighted by atomic mass is 9.91. The molecule has 0 saturated heterocycles. The number of halogens is 1. The Bertz CT molecular complexity index is 1930. The minimum absolute atomic E-state index is 0.276.